The van der Waals surface area contributed by atoms with E-state index in [1.807, 2.05) is 25.1 Å². The first-order chi connectivity index (χ1) is 10.6. The van der Waals surface area contributed by atoms with Crippen molar-refractivity contribution in [2.75, 3.05) is 10.6 Å². The zero-order valence-electron chi connectivity index (χ0n) is 11.5. The number of benzene rings is 1. The maximum Gasteiger partial charge on any atom is 0.327 e. The summed E-state index contributed by atoms with van der Waals surface area (Å²) in [4.78, 5) is 11.9. The summed E-state index contributed by atoms with van der Waals surface area (Å²) in [5, 5.41) is 12.7. The highest BCUT2D eigenvalue weighted by Gasteiger charge is 2.14. The van der Waals surface area contributed by atoms with E-state index in [4.69, 9.17) is 8.83 Å². The Morgan fingerprint density at radius 3 is 2.73 bits per heavy atom. The molecule has 3 rings (SSSR count). The topological polar surface area (TPSA) is 93.2 Å². The Morgan fingerprint density at radius 2 is 2.00 bits per heavy atom. The maximum atomic E-state index is 11.9. The quantitative estimate of drug-likeness (QED) is 0.733. The highest BCUT2D eigenvalue weighted by atomic mass is 79.9. The van der Waals surface area contributed by atoms with Gasteiger partial charge in [0.25, 0.3) is 5.89 Å². The van der Waals surface area contributed by atoms with E-state index >= 15 is 0 Å². The third-order valence-electron chi connectivity index (χ3n) is 2.71. The molecule has 2 amide bonds. The molecule has 0 unspecified atom stereocenters. The minimum atomic E-state index is -0.471. The molecular formula is C14H11BrN4O3. The molecule has 0 radical (unpaired) electrons. The molecule has 0 spiro atoms. The van der Waals surface area contributed by atoms with Crippen molar-refractivity contribution in [1.82, 2.24) is 10.2 Å². The van der Waals surface area contributed by atoms with Gasteiger partial charge in [-0.15, -0.1) is 5.10 Å². The summed E-state index contributed by atoms with van der Waals surface area (Å²) in [6.07, 6.45) is 0. The third-order valence-corrected chi connectivity index (χ3v) is 3.13. The van der Waals surface area contributed by atoms with E-state index in [1.54, 1.807) is 18.2 Å². The molecule has 0 bridgehead atoms. The molecule has 2 aromatic heterocycles. The Bertz CT molecular complexity index is 812. The van der Waals surface area contributed by atoms with Crippen LogP contribution in [0.15, 0.2) is 49.9 Å². The average Bonchev–Trinajstić information content (AvgIpc) is 3.07. The van der Waals surface area contributed by atoms with Crippen molar-refractivity contribution in [3.8, 4) is 11.7 Å². The van der Waals surface area contributed by atoms with Crippen LogP contribution in [0.2, 0.25) is 0 Å². The number of hydrogen-bond acceptors (Lipinski definition) is 5. The SMILES string of the molecule is Cc1cccc(NC(=O)Nc2nnc(-c3ccc(Br)o3)o2)c1. The lowest BCUT2D eigenvalue weighted by Crippen LogP contribution is -2.19. The highest BCUT2D eigenvalue weighted by Crippen LogP contribution is 2.24. The molecule has 0 aliphatic carbocycles. The van der Waals surface area contributed by atoms with Gasteiger partial charge in [0.05, 0.1) is 0 Å². The zero-order valence-corrected chi connectivity index (χ0v) is 13.0. The predicted octanol–water partition coefficient (Wildman–Crippen LogP) is 4.04. The largest absolute Gasteiger partial charge is 0.444 e. The summed E-state index contributed by atoms with van der Waals surface area (Å²) in [5.74, 6) is 0.586. The van der Waals surface area contributed by atoms with E-state index in [-0.39, 0.29) is 11.9 Å². The molecule has 0 saturated carbocycles. The van der Waals surface area contributed by atoms with E-state index < -0.39 is 6.03 Å². The molecule has 1 aromatic carbocycles. The molecule has 0 saturated heterocycles. The minimum absolute atomic E-state index is 0.0207. The molecular weight excluding hydrogens is 352 g/mol. The molecule has 0 atom stereocenters. The van der Waals surface area contributed by atoms with Gasteiger partial charge in [-0.2, -0.15) is 0 Å². The Balaban J connectivity index is 1.66. The van der Waals surface area contributed by atoms with Crippen molar-refractivity contribution in [2.45, 2.75) is 6.92 Å². The second-order valence-corrected chi connectivity index (χ2v) is 5.25. The van der Waals surface area contributed by atoms with Crippen LogP contribution in [0.1, 0.15) is 5.56 Å². The van der Waals surface area contributed by atoms with Gasteiger partial charge in [0.1, 0.15) is 0 Å². The number of urea groups is 1. The number of aryl methyl sites for hydroxylation is 1. The lowest BCUT2D eigenvalue weighted by molar-refractivity contribution is 0.261. The molecule has 0 aliphatic heterocycles. The molecule has 3 aromatic rings. The number of amides is 2. The van der Waals surface area contributed by atoms with Gasteiger partial charge in [-0.1, -0.05) is 17.2 Å². The molecule has 2 heterocycles. The van der Waals surface area contributed by atoms with E-state index in [0.717, 1.165) is 5.56 Å². The van der Waals surface area contributed by atoms with Crippen LogP contribution < -0.4 is 10.6 Å². The summed E-state index contributed by atoms with van der Waals surface area (Å²) in [7, 11) is 0. The second-order valence-electron chi connectivity index (χ2n) is 4.46. The first-order valence-corrected chi connectivity index (χ1v) is 7.13. The standard InChI is InChI=1S/C14H11BrN4O3/c1-8-3-2-4-9(7-8)16-13(20)17-14-19-18-12(22-14)10-5-6-11(15)21-10/h2-7H,1H3,(H2,16,17,19,20). The number of furan rings is 1. The Morgan fingerprint density at radius 1 is 1.14 bits per heavy atom. The summed E-state index contributed by atoms with van der Waals surface area (Å²) in [6.45, 7) is 1.94. The van der Waals surface area contributed by atoms with Crippen molar-refractivity contribution in [1.29, 1.82) is 0 Å². The number of carbonyl (C=O) groups excluding carboxylic acids is 1. The van der Waals surface area contributed by atoms with Crippen LogP contribution in [0.3, 0.4) is 0 Å². The Labute approximate surface area is 133 Å². The third kappa shape index (κ3) is 3.34. The molecule has 8 heteroatoms. The fourth-order valence-electron chi connectivity index (χ4n) is 1.78. The fraction of sp³-hybridized carbons (Fsp3) is 0.0714. The van der Waals surface area contributed by atoms with Crippen LogP contribution in [-0.4, -0.2) is 16.2 Å². The van der Waals surface area contributed by atoms with Crippen molar-refractivity contribution >= 4 is 33.7 Å². The number of carbonyl (C=O) groups is 1. The number of anilines is 2. The normalized spacial score (nSPS) is 10.5. The van der Waals surface area contributed by atoms with E-state index in [1.165, 1.54) is 0 Å². The molecule has 0 fully saturated rings. The number of halogens is 1. The summed E-state index contributed by atoms with van der Waals surface area (Å²) >= 11 is 3.18. The van der Waals surface area contributed by atoms with Crippen LogP contribution >= 0.6 is 15.9 Å². The van der Waals surface area contributed by atoms with Gasteiger partial charge in [-0.3, -0.25) is 5.32 Å². The van der Waals surface area contributed by atoms with Gasteiger partial charge in [0, 0.05) is 5.69 Å². The Kier molecular flexibility index (Phi) is 3.92. The van der Waals surface area contributed by atoms with E-state index in [0.29, 0.717) is 16.1 Å². The maximum absolute atomic E-state index is 11.9. The molecule has 22 heavy (non-hydrogen) atoms. The van der Waals surface area contributed by atoms with Crippen molar-refractivity contribution < 1.29 is 13.6 Å². The Hall–Kier alpha value is -2.61. The molecule has 2 N–H and O–H groups in total. The van der Waals surface area contributed by atoms with Gasteiger partial charge in [-0.05, 0) is 52.7 Å². The van der Waals surface area contributed by atoms with Gasteiger partial charge in [-0.25, -0.2) is 4.79 Å². The molecule has 112 valence electrons. The van der Waals surface area contributed by atoms with Crippen LogP contribution in [0.25, 0.3) is 11.7 Å². The first-order valence-electron chi connectivity index (χ1n) is 6.34. The predicted molar refractivity (Wildman–Crippen MR) is 83.5 cm³/mol. The van der Waals surface area contributed by atoms with Gasteiger partial charge in [0.15, 0.2) is 10.4 Å². The van der Waals surface area contributed by atoms with Gasteiger partial charge >= 0.3 is 12.0 Å². The highest BCUT2D eigenvalue weighted by molar-refractivity contribution is 9.10. The summed E-state index contributed by atoms with van der Waals surface area (Å²) in [5.41, 5.74) is 1.72. The minimum Gasteiger partial charge on any atom is -0.444 e. The van der Waals surface area contributed by atoms with Crippen LogP contribution in [0.5, 0.6) is 0 Å². The summed E-state index contributed by atoms with van der Waals surface area (Å²) in [6, 6.07) is 10.3. The monoisotopic (exact) mass is 362 g/mol. The van der Waals surface area contributed by atoms with Crippen LogP contribution in [-0.2, 0) is 0 Å². The fourth-order valence-corrected chi connectivity index (χ4v) is 2.09. The molecule has 0 aliphatic rings. The summed E-state index contributed by atoms with van der Waals surface area (Å²) < 4.78 is 11.1. The molecule has 7 nitrogen and oxygen atoms in total. The van der Waals surface area contributed by atoms with E-state index in [2.05, 4.69) is 36.8 Å². The van der Waals surface area contributed by atoms with Crippen molar-refractivity contribution in [3.63, 3.8) is 0 Å². The zero-order chi connectivity index (χ0) is 15.5. The first kappa shape index (κ1) is 14.3. The second kappa shape index (κ2) is 6.02. The van der Waals surface area contributed by atoms with Gasteiger partial charge in [0.2, 0.25) is 0 Å². The number of nitrogens with zero attached hydrogens (tertiary/aromatic N) is 2. The number of nitrogens with one attached hydrogen (secondary N) is 2. The lowest BCUT2D eigenvalue weighted by atomic mass is 10.2. The average molecular weight is 363 g/mol. The van der Waals surface area contributed by atoms with Crippen LogP contribution in [0, 0.1) is 6.92 Å². The van der Waals surface area contributed by atoms with Crippen molar-refractivity contribution in [3.05, 3.63) is 46.6 Å². The van der Waals surface area contributed by atoms with Crippen molar-refractivity contribution in [2.24, 2.45) is 0 Å². The van der Waals surface area contributed by atoms with Gasteiger partial charge < -0.3 is 14.2 Å². The number of hydrogen-bond donors (Lipinski definition) is 2. The number of aromatic nitrogens is 2. The lowest BCUT2D eigenvalue weighted by Gasteiger charge is -2.04. The van der Waals surface area contributed by atoms with Crippen LogP contribution in [0.4, 0.5) is 16.5 Å². The smallest absolute Gasteiger partial charge is 0.327 e. The van der Waals surface area contributed by atoms with E-state index in [9.17, 15) is 4.79 Å². The number of rotatable bonds is 3.